The summed E-state index contributed by atoms with van der Waals surface area (Å²) in [6.07, 6.45) is 3.53. The maximum atomic E-state index is 11.4. The smallest absolute Gasteiger partial charge is 0.352 e. The number of aromatic nitrogens is 1. The number of nitrogens with zero attached hydrogens (tertiary/aromatic N) is 1. The fourth-order valence-corrected chi connectivity index (χ4v) is 2.18. The number of Topliss-reactive ketones (excluding diaryl/α,β-unsaturated/α-hetero) is 1. The predicted molar refractivity (Wildman–Crippen MR) is 74.5 cm³/mol. The molecule has 1 heterocycles. The van der Waals surface area contributed by atoms with Crippen LogP contribution in [0.25, 0.3) is 5.69 Å². The van der Waals surface area contributed by atoms with Crippen molar-refractivity contribution in [3.8, 4) is 5.69 Å². The zero-order chi connectivity index (χ0) is 14.0. The molecule has 1 N–H and O–H groups in total. The average molecular weight is 275 g/mol. The van der Waals surface area contributed by atoms with Gasteiger partial charge >= 0.3 is 5.97 Å². The molecule has 0 aliphatic heterocycles. The summed E-state index contributed by atoms with van der Waals surface area (Å²) in [6, 6.07) is 8.90. The fourth-order valence-electron chi connectivity index (χ4n) is 1.78. The van der Waals surface area contributed by atoms with Gasteiger partial charge in [0.25, 0.3) is 0 Å². The van der Waals surface area contributed by atoms with Gasteiger partial charge in [0.05, 0.1) is 0 Å². The number of hydrogen-bond acceptors (Lipinski definition) is 3. The Labute approximate surface area is 115 Å². The SMILES string of the molecule is CSc1ccc(-n2cc(C(C)=O)cc2C(=O)O)cc1. The van der Waals surface area contributed by atoms with E-state index in [0.717, 1.165) is 10.6 Å². The lowest BCUT2D eigenvalue weighted by Gasteiger charge is -2.06. The zero-order valence-corrected chi connectivity index (χ0v) is 11.4. The lowest BCUT2D eigenvalue weighted by molar-refractivity contribution is 0.0688. The van der Waals surface area contributed by atoms with Crippen molar-refractivity contribution in [3.05, 3.63) is 47.8 Å². The molecule has 0 fully saturated rings. The Morgan fingerprint density at radius 2 is 1.84 bits per heavy atom. The van der Waals surface area contributed by atoms with Gasteiger partial charge in [-0.1, -0.05) is 0 Å². The van der Waals surface area contributed by atoms with Crippen molar-refractivity contribution in [1.82, 2.24) is 4.57 Å². The highest BCUT2D eigenvalue weighted by Crippen LogP contribution is 2.20. The van der Waals surface area contributed by atoms with E-state index in [0.29, 0.717) is 5.56 Å². The third kappa shape index (κ3) is 2.71. The highest BCUT2D eigenvalue weighted by Gasteiger charge is 2.15. The number of ketones is 1. The molecule has 2 aromatic rings. The van der Waals surface area contributed by atoms with Crippen LogP contribution in [0.15, 0.2) is 41.4 Å². The van der Waals surface area contributed by atoms with Crippen LogP contribution in [-0.2, 0) is 0 Å². The summed E-state index contributed by atoms with van der Waals surface area (Å²) in [7, 11) is 0. The number of aromatic carboxylic acids is 1. The Bertz CT molecular complexity index is 629. The molecule has 0 aliphatic carbocycles. The Balaban J connectivity index is 2.52. The summed E-state index contributed by atoms with van der Waals surface area (Å²) in [5, 5.41) is 9.19. The first-order valence-corrected chi connectivity index (χ1v) is 6.86. The number of carboxylic acid groups (broad SMARTS) is 1. The second-order valence-electron chi connectivity index (χ2n) is 4.04. The van der Waals surface area contributed by atoms with E-state index in [1.165, 1.54) is 17.6 Å². The molecule has 0 bridgehead atoms. The molecule has 0 saturated heterocycles. The van der Waals surface area contributed by atoms with Crippen molar-refractivity contribution >= 4 is 23.5 Å². The van der Waals surface area contributed by atoms with Crippen LogP contribution >= 0.6 is 11.8 Å². The summed E-state index contributed by atoms with van der Waals surface area (Å²) in [6.45, 7) is 1.42. The minimum Gasteiger partial charge on any atom is -0.477 e. The number of thioether (sulfide) groups is 1. The molecule has 2 rings (SSSR count). The summed E-state index contributed by atoms with van der Waals surface area (Å²) < 4.78 is 1.52. The van der Waals surface area contributed by atoms with E-state index < -0.39 is 5.97 Å². The van der Waals surface area contributed by atoms with Gasteiger partial charge in [0.15, 0.2) is 5.78 Å². The second-order valence-corrected chi connectivity index (χ2v) is 4.92. The molecule has 0 aliphatic rings. The first-order chi connectivity index (χ1) is 9.02. The van der Waals surface area contributed by atoms with Crippen molar-refractivity contribution in [1.29, 1.82) is 0 Å². The lowest BCUT2D eigenvalue weighted by atomic mass is 10.2. The maximum absolute atomic E-state index is 11.4. The van der Waals surface area contributed by atoms with Crippen LogP contribution in [0.3, 0.4) is 0 Å². The van der Waals surface area contributed by atoms with Crippen molar-refractivity contribution in [2.24, 2.45) is 0 Å². The van der Waals surface area contributed by atoms with Crippen molar-refractivity contribution < 1.29 is 14.7 Å². The molecule has 0 spiro atoms. The van der Waals surface area contributed by atoms with Gasteiger partial charge in [-0.05, 0) is 43.5 Å². The van der Waals surface area contributed by atoms with Gasteiger partial charge in [-0.25, -0.2) is 4.79 Å². The van der Waals surface area contributed by atoms with Crippen molar-refractivity contribution in [2.75, 3.05) is 6.26 Å². The number of carbonyl (C=O) groups is 2. The molecular formula is C14H13NO3S. The van der Waals surface area contributed by atoms with E-state index >= 15 is 0 Å². The van der Waals surface area contributed by atoms with Crippen LogP contribution in [-0.4, -0.2) is 27.7 Å². The molecule has 0 saturated carbocycles. The van der Waals surface area contributed by atoms with Crippen molar-refractivity contribution in [2.45, 2.75) is 11.8 Å². The largest absolute Gasteiger partial charge is 0.477 e. The predicted octanol–water partition coefficient (Wildman–Crippen LogP) is 3.10. The summed E-state index contributed by atoms with van der Waals surface area (Å²) in [5.41, 5.74) is 1.20. The zero-order valence-electron chi connectivity index (χ0n) is 10.6. The molecular weight excluding hydrogens is 262 g/mol. The lowest BCUT2D eigenvalue weighted by Crippen LogP contribution is -2.05. The van der Waals surface area contributed by atoms with E-state index in [4.69, 9.17) is 0 Å². The van der Waals surface area contributed by atoms with Gasteiger partial charge in [-0.3, -0.25) is 4.79 Å². The standard InChI is InChI=1S/C14H13NO3S/c1-9(16)10-7-13(14(17)18)15(8-10)11-3-5-12(19-2)6-4-11/h3-8H,1-2H3,(H,17,18). The number of carboxylic acids is 1. The van der Waals surface area contributed by atoms with Gasteiger partial charge in [0, 0.05) is 22.3 Å². The van der Waals surface area contributed by atoms with Gasteiger partial charge < -0.3 is 9.67 Å². The summed E-state index contributed by atoms with van der Waals surface area (Å²) in [4.78, 5) is 23.7. The maximum Gasteiger partial charge on any atom is 0.352 e. The van der Waals surface area contributed by atoms with E-state index in [-0.39, 0.29) is 11.5 Å². The van der Waals surface area contributed by atoms with Crippen LogP contribution < -0.4 is 0 Å². The summed E-state index contributed by atoms with van der Waals surface area (Å²) in [5.74, 6) is -1.21. The van der Waals surface area contributed by atoms with Crippen LogP contribution in [0.5, 0.6) is 0 Å². The molecule has 5 heteroatoms. The minimum atomic E-state index is -1.05. The second kappa shape index (κ2) is 5.32. The topological polar surface area (TPSA) is 59.3 Å². The molecule has 0 atom stereocenters. The van der Waals surface area contributed by atoms with Gasteiger partial charge in [-0.15, -0.1) is 11.8 Å². The molecule has 1 aromatic heterocycles. The first-order valence-electron chi connectivity index (χ1n) is 5.64. The number of carbonyl (C=O) groups excluding carboxylic acids is 1. The highest BCUT2D eigenvalue weighted by atomic mass is 32.2. The van der Waals surface area contributed by atoms with Gasteiger partial charge in [-0.2, -0.15) is 0 Å². The fraction of sp³-hybridized carbons (Fsp3) is 0.143. The molecule has 1 aromatic carbocycles. The Hall–Kier alpha value is -2.01. The normalized spacial score (nSPS) is 10.4. The minimum absolute atomic E-state index is 0.0853. The van der Waals surface area contributed by atoms with Gasteiger partial charge in [0.2, 0.25) is 0 Å². The highest BCUT2D eigenvalue weighted by molar-refractivity contribution is 7.98. The van der Waals surface area contributed by atoms with E-state index in [2.05, 4.69) is 0 Å². The monoisotopic (exact) mass is 275 g/mol. The van der Waals surface area contributed by atoms with Gasteiger partial charge in [0.1, 0.15) is 5.69 Å². The Morgan fingerprint density at radius 3 is 2.32 bits per heavy atom. The molecule has 98 valence electrons. The molecule has 4 nitrogen and oxygen atoms in total. The average Bonchev–Trinajstić information content (AvgIpc) is 2.84. The quantitative estimate of drug-likeness (QED) is 0.688. The van der Waals surface area contributed by atoms with Crippen LogP contribution in [0.4, 0.5) is 0 Å². The molecule has 0 radical (unpaired) electrons. The third-order valence-corrected chi connectivity index (χ3v) is 3.54. The van der Waals surface area contributed by atoms with Crippen molar-refractivity contribution in [3.63, 3.8) is 0 Å². The van der Waals surface area contributed by atoms with Crippen LogP contribution in [0.1, 0.15) is 27.8 Å². The third-order valence-electron chi connectivity index (χ3n) is 2.80. The first kappa shape index (κ1) is 13.4. The van der Waals surface area contributed by atoms with Crippen LogP contribution in [0, 0.1) is 0 Å². The van der Waals surface area contributed by atoms with Crippen LogP contribution in [0.2, 0.25) is 0 Å². The molecule has 0 unspecified atom stereocenters. The molecule has 0 amide bonds. The number of benzene rings is 1. The summed E-state index contributed by atoms with van der Waals surface area (Å²) >= 11 is 1.61. The Kier molecular flexibility index (Phi) is 3.76. The number of rotatable bonds is 4. The molecule has 19 heavy (non-hydrogen) atoms. The van der Waals surface area contributed by atoms with E-state index in [9.17, 15) is 14.7 Å². The van der Waals surface area contributed by atoms with E-state index in [1.807, 2.05) is 30.5 Å². The number of hydrogen-bond donors (Lipinski definition) is 1. The Morgan fingerprint density at radius 1 is 1.21 bits per heavy atom. The van der Waals surface area contributed by atoms with E-state index in [1.54, 1.807) is 18.0 Å².